The van der Waals surface area contributed by atoms with Gasteiger partial charge in [0, 0.05) is 6.54 Å². The van der Waals surface area contributed by atoms with Crippen molar-refractivity contribution in [2.75, 3.05) is 13.1 Å². The van der Waals surface area contributed by atoms with Crippen molar-refractivity contribution < 1.29 is 24.2 Å². The maximum Gasteiger partial charge on any atom is 0.323 e. The molecular weight excluding hydrogens is 253 g/mol. The summed E-state index contributed by atoms with van der Waals surface area (Å²) in [6.07, 6.45) is 0. The van der Waals surface area contributed by atoms with Crippen LogP contribution in [0.2, 0.25) is 0 Å². The van der Waals surface area contributed by atoms with E-state index in [4.69, 9.17) is 5.11 Å². The van der Waals surface area contributed by atoms with Crippen molar-refractivity contribution in [1.82, 2.24) is 4.90 Å². The molecule has 0 bridgehead atoms. The second-order valence-electron chi connectivity index (χ2n) is 4.63. The van der Waals surface area contributed by atoms with Crippen molar-refractivity contribution >= 4 is 11.9 Å². The summed E-state index contributed by atoms with van der Waals surface area (Å²) in [6.45, 7) is 3.37. The predicted molar refractivity (Wildman–Crippen MR) is 66.4 cm³/mol. The highest BCUT2D eigenvalue weighted by Gasteiger charge is 2.22. The van der Waals surface area contributed by atoms with Crippen LogP contribution in [0.1, 0.15) is 24.2 Å². The Hall–Kier alpha value is -2.11. The number of nitrogens with zero attached hydrogens (tertiary/aromatic N) is 1. The molecule has 0 aromatic heterocycles. The van der Waals surface area contributed by atoms with Crippen LogP contribution in [-0.2, 0) is 4.79 Å². The topological polar surface area (TPSA) is 77.8 Å². The molecule has 0 unspecified atom stereocenters. The van der Waals surface area contributed by atoms with Crippen LogP contribution < -0.4 is 0 Å². The van der Waals surface area contributed by atoms with Crippen LogP contribution in [0, 0.1) is 11.7 Å². The number of carboxylic acid groups (broad SMARTS) is 1. The summed E-state index contributed by atoms with van der Waals surface area (Å²) in [7, 11) is 0. The van der Waals surface area contributed by atoms with Crippen LogP contribution in [0.5, 0.6) is 5.75 Å². The first kappa shape index (κ1) is 14.9. The Morgan fingerprint density at radius 2 is 2.00 bits per heavy atom. The molecule has 1 aromatic carbocycles. The number of phenolic OH excluding ortho intramolecular Hbond substituents is 1. The second kappa shape index (κ2) is 6.17. The summed E-state index contributed by atoms with van der Waals surface area (Å²) >= 11 is 0. The number of carbonyl (C=O) groups excluding carboxylic acids is 1. The van der Waals surface area contributed by atoms with E-state index in [1.165, 1.54) is 0 Å². The number of hydrogen-bond acceptors (Lipinski definition) is 3. The van der Waals surface area contributed by atoms with Gasteiger partial charge in [0.25, 0.3) is 5.91 Å². The molecular formula is C13H16FNO4. The van der Waals surface area contributed by atoms with Crippen molar-refractivity contribution in [1.29, 1.82) is 0 Å². The zero-order valence-electron chi connectivity index (χ0n) is 10.8. The van der Waals surface area contributed by atoms with Gasteiger partial charge in [-0.25, -0.2) is 4.39 Å². The Kier molecular flexibility index (Phi) is 4.86. The van der Waals surface area contributed by atoms with E-state index in [0.717, 1.165) is 23.1 Å². The molecule has 0 heterocycles. The number of carboxylic acids is 1. The molecule has 1 aromatic rings. The highest BCUT2D eigenvalue weighted by molar-refractivity contribution is 5.98. The largest absolute Gasteiger partial charge is 0.507 e. The van der Waals surface area contributed by atoms with Gasteiger partial charge in [0.1, 0.15) is 18.1 Å². The second-order valence-corrected chi connectivity index (χ2v) is 4.63. The van der Waals surface area contributed by atoms with E-state index in [-0.39, 0.29) is 23.8 Å². The molecule has 5 nitrogen and oxygen atoms in total. The lowest BCUT2D eigenvalue weighted by atomic mass is 10.1. The van der Waals surface area contributed by atoms with Gasteiger partial charge in [0.05, 0.1) is 5.56 Å². The minimum Gasteiger partial charge on any atom is -0.507 e. The fourth-order valence-electron chi connectivity index (χ4n) is 1.67. The van der Waals surface area contributed by atoms with Crippen molar-refractivity contribution in [2.45, 2.75) is 13.8 Å². The average Bonchev–Trinajstić information content (AvgIpc) is 2.29. The highest BCUT2D eigenvalue weighted by atomic mass is 19.1. The molecule has 104 valence electrons. The number of amides is 1. The molecule has 2 N–H and O–H groups in total. The standard InChI is InChI=1S/C13H16FNO4/c1-8(2)6-15(7-12(17)18)13(19)10-5-9(14)3-4-11(10)16/h3-5,8,16H,6-7H2,1-2H3,(H,17,18). The third kappa shape index (κ3) is 4.24. The van der Waals surface area contributed by atoms with E-state index in [9.17, 15) is 19.1 Å². The van der Waals surface area contributed by atoms with Gasteiger partial charge in [0.2, 0.25) is 0 Å². The number of hydrogen-bond donors (Lipinski definition) is 2. The molecule has 0 atom stereocenters. The van der Waals surface area contributed by atoms with Crippen LogP contribution in [-0.4, -0.2) is 40.1 Å². The normalized spacial score (nSPS) is 10.5. The lowest BCUT2D eigenvalue weighted by Crippen LogP contribution is -2.38. The molecule has 0 aliphatic carbocycles. The molecule has 0 spiro atoms. The van der Waals surface area contributed by atoms with Gasteiger partial charge >= 0.3 is 5.97 Å². The van der Waals surface area contributed by atoms with E-state index in [0.29, 0.717) is 0 Å². The molecule has 0 aliphatic rings. The fraction of sp³-hybridized carbons (Fsp3) is 0.385. The SMILES string of the molecule is CC(C)CN(CC(=O)O)C(=O)c1cc(F)ccc1O. The Balaban J connectivity index is 3.03. The van der Waals surface area contributed by atoms with E-state index in [1.54, 1.807) is 0 Å². The van der Waals surface area contributed by atoms with E-state index >= 15 is 0 Å². The zero-order chi connectivity index (χ0) is 14.6. The Bertz CT molecular complexity index is 488. The van der Waals surface area contributed by atoms with Gasteiger partial charge in [-0.2, -0.15) is 0 Å². The first-order valence-corrected chi connectivity index (χ1v) is 5.81. The number of phenols is 1. The van der Waals surface area contributed by atoms with Crippen LogP contribution in [0.3, 0.4) is 0 Å². The molecule has 19 heavy (non-hydrogen) atoms. The lowest BCUT2D eigenvalue weighted by molar-refractivity contribution is -0.137. The quantitative estimate of drug-likeness (QED) is 0.853. The van der Waals surface area contributed by atoms with Gasteiger partial charge in [-0.1, -0.05) is 13.8 Å². The monoisotopic (exact) mass is 269 g/mol. The van der Waals surface area contributed by atoms with Crippen LogP contribution in [0.4, 0.5) is 4.39 Å². The lowest BCUT2D eigenvalue weighted by Gasteiger charge is -2.23. The molecule has 0 saturated carbocycles. The van der Waals surface area contributed by atoms with Crippen molar-refractivity contribution in [3.63, 3.8) is 0 Å². The Morgan fingerprint density at radius 3 is 2.53 bits per heavy atom. The average molecular weight is 269 g/mol. The number of carbonyl (C=O) groups is 2. The first-order chi connectivity index (χ1) is 8.81. The zero-order valence-corrected chi connectivity index (χ0v) is 10.8. The summed E-state index contributed by atoms with van der Waals surface area (Å²) in [5.41, 5.74) is -0.234. The summed E-state index contributed by atoms with van der Waals surface area (Å²) in [5.74, 6) is -2.84. The smallest absolute Gasteiger partial charge is 0.323 e. The van der Waals surface area contributed by atoms with E-state index in [2.05, 4.69) is 0 Å². The summed E-state index contributed by atoms with van der Waals surface area (Å²) < 4.78 is 13.1. The number of aliphatic carboxylic acids is 1. The number of aromatic hydroxyl groups is 1. The molecule has 1 amide bonds. The number of benzene rings is 1. The summed E-state index contributed by atoms with van der Waals surface area (Å²) in [6, 6.07) is 2.99. The van der Waals surface area contributed by atoms with Gasteiger partial charge in [-0.05, 0) is 24.1 Å². The molecule has 0 fully saturated rings. The van der Waals surface area contributed by atoms with Crippen LogP contribution in [0.15, 0.2) is 18.2 Å². The van der Waals surface area contributed by atoms with Gasteiger partial charge in [0.15, 0.2) is 0 Å². The number of rotatable bonds is 5. The van der Waals surface area contributed by atoms with Gasteiger partial charge in [-0.3, -0.25) is 9.59 Å². The molecule has 0 aliphatic heterocycles. The van der Waals surface area contributed by atoms with E-state index < -0.39 is 24.2 Å². The minimum atomic E-state index is -1.16. The van der Waals surface area contributed by atoms with Crippen LogP contribution >= 0.6 is 0 Å². The molecule has 0 radical (unpaired) electrons. The predicted octanol–water partition coefficient (Wildman–Crippen LogP) is 1.71. The Labute approximate surface area is 110 Å². The van der Waals surface area contributed by atoms with E-state index in [1.807, 2.05) is 13.8 Å². The van der Waals surface area contributed by atoms with Crippen molar-refractivity contribution in [2.24, 2.45) is 5.92 Å². The highest BCUT2D eigenvalue weighted by Crippen LogP contribution is 2.20. The molecule has 1 rings (SSSR count). The maximum atomic E-state index is 13.1. The van der Waals surface area contributed by atoms with Crippen LogP contribution in [0.25, 0.3) is 0 Å². The molecule has 0 saturated heterocycles. The van der Waals surface area contributed by atoms with Gasteiger partial charge in [-0.15, -0.1) is 0 Å². The van der Waals surface area contributed by atoms with Gasteiger partial charge < -0.3 is 15.1 Å². The number of halogens is 1. The van der Waals surface area contributed by atoms with Crippen molar-refractivity contribution in [3.8, 4) is 5.75 Å². The third-order valence-corrected chi connectivity index (χ3v) is 2.39. The summed E-state index contributed by atoms with van der Waals surface area (Å²) in [4.78, 5) is 23.9. The van der Waals surface area contributed by atoms with Crippen molar-refractivity contribution in [3.05, 3.63) is 29.6 Å². The summed E-state index contributed by atoms with van der Waals surface area (Å²) in [5, 5.41) is 18.3. The first-order valence-electron chi connectivity index (χ1n) is 5.81. The maximum absolute atomic E-state index is 13.1. The Morgan fingerprint density at radius 1 is 1.37 bits per heavy atom. The minimum absolute atomic E-state index is 0.0546. The third-order valence-electron chi connectivity index (χ3n) is 2.39. The fourth-order valence-corrected chi connectivity index (χ4v) is 1.67. The molecule has 6 heteroatoms.